The number of aliphatic imine (C=N–C) groups is 1. The van der Waals surface area contributed by atoms with Crippen LogP contribution >= 0.6 is 11.6 Å². The smallest absolute Gasteiger partial charge is 0.408 e. The average molecular weight is 753 g/mol. The highest BCUT2D eigenvalue weighted by Gasteiger charge is 2.58. The highest BCUT2D eigenvalue weighted by Crippen LogP contribution is 2.62. The van der Waals surface area contributed by atoms with E-state index in [4.69, 9.17) is 22.1 Å². The first-order valence-corrected chi connectivity index (χ1v) is 16.3. The van der Waals surface area contributed by atoms with Crippen molar-refractivity contribution < 1.29 is 40.7 Å². The Morgan fingerprint density at radius 1 is 1.17 bits per heavy atom. The number of ether oxygens (including phenoxy) is 1. The summed E-state index contributed by atoms with van der Waals surface area (Å²) in [5.41, 5.74) is 6.23. The molecule has 0 spiro atoms. The summed E-state index contributed by atoms with van der Waals surface area (Å²) in [5, 5.41) is 13.4. The van der Waals surface area contributed by atoms with E-state index >= 15 is 4.39 Å². The van der Waals surface area contributed by atoms with Gasteiger partial charge in [-0.25, -0.2) is 18.9 Å². The first-order chi connectivity index (χ1) is 24.6. The Bertz CT molecular complexity index is 2000. The third-order valence-electron chi connectivity index (χ3n) is 9.15. The highest BCUT2D eigenvalue weighted by atomic mass is 35.5. The van der Waals surface area contributed by atoms with Crippen molar-refractivity contribution in [1.82, 2.24) is 40.0 Å². The minimum absolute atomic E-state index is 0.0430. The first-order valence-electron chi connectivity index (χ1n) is 16.0. The van der Waals surface area contributed by atoms with Gasteiger partial charge >= 0.3 is 18.8 Å². The Hall–Kier alpha value is -5.20. The van der Waals surface area contributed by atoms with Crippen molar-refractivity contribution in [3.05, 3.63) is 70.9 Å². The zero-order valence-corrected chi connectivity index (χ0v) is 28.2. The van der Waals surface area contributed by atoms with Gasteiger partial charge in [0.25, 0.3) is 5.91 Å². The molecule has 13 nitrogen and oxygen atoms in total. The summed E-state index contributed by atoms with van der Waals surface area (Å²) >= 11 is 6.36. The van der Waals surface area contributed by atoms with Crippen molar-refractivity contribution >= 4 is 29.6 Å². The fraction of sp³-hybridized carbons (Fsp3) is 0.406. The third-order valence-corrected chi connectivity index (χ3v) is 9.48. The molecule has 0 saturated heterocycles. The summed E-state index contributed by atoms with van der Waals surface area (Å²) in [5.74, 6) is -1.92. The molecule has 2 aromatic heterocycles. The molecule has 2 atom stereocenters. The minimum atomic E-state index is -4.80. The lowest BCUT2D eigenvalue weighted by molar-refractivity contribution is -0.150. The molecule has 2 aromatic carbocycles. The van der Waals surface area contributed by atoms with Crippen LogP contribution in [-0.4, -0.2) is 78.0 Å². The predicted molar refractivity (Wildman–Crippen MR) is 174 cm³/mol. The van der Waals surface area contributed by atoms with Crippen LogP contribution in [0.5, 0.6) is 0 Å². The molecule has 0 aliphatic heterocycles. The van der Waals surface area contributed by atoms with Gasteiger partial charge in [0.05, 0.1) is 22.8 Å². The lowest BCUT2D eigenvalue weighted by Gasteiger charge is -2.61. The number of carbonyl (C=O) groups is 2. The van der Waals surface area contributed by atoms with Crippen LogP contribution < -0.4 is 11.1 Å². The standard InChI is InChI=1S/C32H31ClF6N10O3/c1-3-41-29(40)48(27(50)19-4-6-20(23(34)9-19)24-13-47(46-45-24)31-10-17(11-31)12-31)25(14-52-30(51)44-16(2)32(37,38)39)18-5-7-22(33)21(8-18)26-42-15-43-49(26)28(35)36/h4-9,13,15-17,25,28H,3,10-12,14H2,1-2H3,(H2,40,41)(H,44,51)/t16-,17?,25+,31?/m0/s1. The molecule has 20 heteroatoms. The van der Waals surface area contributed by atoms with Gasteiger partial charge in [0.1, 0.15) is 30.5 Å². The maximum absolute atomic E-state index is 15.7. The summed E-state index contributed by atoms with van der Waals surface area (Å²) in [6.45, 7) is -1.62. The molecular formula is C32H31ClF6N10O3. The molecule has 3 aliphatic carbocycles. The van der Waals surface area contributed by atoms with Crippen LogP contribution in [0.1, 0.15) is 61.6 Å². The lowest BCUT2D eigenvalue weighted by atomic mass is 9.50. The SMILES string of the molecule is CCN=C(N)N(C(=O)c1ccc(-c2cn(C34CC(C3)C4)nn2)c(F)c1)[C@H](COC(=O)N[C@@H](C)C(F)(F)F)c1ccc(Cl)c(-c2ncnn2C(F)F)c1. The van der Waals surface area contributed by atoms with Crippen molar-refractivity contribution in [2.75, 3.05) is 13.2 Å². The van der Waals surface area contributed by atoms with E-state index in [0.717, 1.165) is 36.6 Å². The number of hydrogen-bond donors (Lipinski definition) is 2. The zero-order chi connectivity index (χ0) is 37.5. The number of carbonyl (C=O) groups excluding carboxylic acids is 2. The van der Waals surface area contributed by atoms with E-state index in [1.807, 2.05) is 0 Å². The van der Waals surface area contributed by atoms with E-state index in [9.17, 15) is 31.5 Å². The van der Waals surface area contributed by atoms with E-state index < -0.39 is 55.2 Å². The van der Waals surface area contributed by atoms with Gasteiger partial charge in [0, 0.05) is 23.2 Å². The van der Waals surface area contributed by atoms with Gasteiger partial charge in [-0.1, -0.05) is 22.9 Å². The van der Waals surface area contributed by atoms with E-state index in [1.165, 1.54) is 30.3 Å². The predicted octanol–water partition coefficient (Wildman–Crippen LogP) is 6.10. The molecule has 3 saturated carbocycles. The van der Waals surface area contributed by atoms with Crippen LogP contribution in [0.25, 0.3) is 22.6 Å². The number of nitrogens with two attached hydrogens (primary N) is 1. The van der Waals surface area contributed by atoms with Crippen molar-refractivity contribution in [3.8, 4) is 22.6 Å². The van der Waals surface area contributed by atoms with Crippen molar-refractivity contribution in [3.63, 3.8) is 0 Å². The number of nitrogens with one attached hydrogen (secondary N) is 1. The quantitative estimate of drug-likeness (QED) is 0.106. The van der Waals surface area contributed by atoms with Gasteiger partial charge in [0.15, 0.2) is 11.8 Å². The Balaban J connectivity index is 1.37. The Morgan fingerprint density at radius 3 is 2.52 bits per heavy atom. The van der Waals surface area contributed by atoms with Crippen molar-refractivity contribution in [2.45, 2.75) is 63.5 Å². The van der Waals surface area contributed by atoms with Crippen molar-refractivity contribution in [2.24, 2.45) is 16.6 Å². The molecule has 276 valence electrons. The van der Waals surface area contributed by atoms with Gasteiger partial charge in [0.2, 0.25) is 0 Å². The highest BCUT2D eigenvalue weighted by molar-refractivity contribution is 6.33. The molecule has 4 aromatic rings. The molecule has 2 heterocycles. The molecule has 7 rings (SSSR count). The first kappa shape index (κ1) is 36.6. The minimum Gasteiger partial charge on any atom is -0.447 e. The average Bonchev–Trinajstić information content (AvgIpc) is 3.72. The molecule has 0 unspecified atom stereocenters. The maximum atomic E-state index is 15.7. The number of alkyl halides is 5. The summed E-state index contributed by atoms with van der Waals surface area (Å²) in [4.78, 5) is 35.6. The van der Waals surface area contributed by atoms with Crippen LogP contribution in [0.4, 0.5) is 31.1 Å². The summed E-state index contributed by atoms with van der Waals surface area (Å²) in [6.07, 6.45) is -0.827. The number of amides is 2. The Kier molecular flexibility index (Phi) is 9.91. The topological polar surface area (TPSA) is 158 Å². The van der Waals surface area contributed by atoms with Gasteiger partial charge in [-0.3, -0.25) is 14.7 Å². The number of halogens is 7. The summed E-state index contributed by atoms with van der Waals surface area (Å²) in [6, 6.07) is 3.67. The molecular weight excluding hydrogens is 722 g/mol. The number of benzene rings is 2. The molecule has 3 aliphatic rings. The van der Waals surface area contributed by atoms with E-state index in [2.05, 4.69) is 25.4 Å². The van der Waals surface area contributed by atoms with Gasteiger partial charge in [-0.15, -0.1) is 5.10 Å². The molecule has 3 fully saturated rings. The number of rotatable bonds is 11. The number of aromatic nitrogens is 6. The van der Waals surface area contributed by atoms with Gasteiger partial charge in [-0.05, 0) is 74.9 Å². The van der Waals surface area contributed by atoms with Crippen LogP contribution in [0.15, 0.2) is 53.9 Å². The monoisotopic (exact) mass is 752 g/mol. The molecule has 0 radical (unpaired) electrons. The number of nitrogens with zero attached hydrogens (tertiary/aromatic N) is 8. The number of alkyl carbamates (subject to hydrolysis) is 1. The second-order valence-corrected chi connectivity index (χ2v) is 12.9. The van der Waals surface area contributed by atoms with Crippen LogP contribution in [-0.2, 0) is 10.3 Å². The molecule has 2 bridgehead atoms. The zero-order valence-electron chi connectivity index (χ0n) is 27.5. The van der Waals surface area contributed by atoms with E-state index in [1.54, 1.807) is 23.1 Å². The van der Waals surface area contributed by atoms with Crippen LogP contribution in [0.3, 0.4) is 0 Å². The van der Waals surface area contributed by atoms with E-state index in [0.29, 0.717) is 12.8 Å². The Morgan fingerprint density at radius 2 is 1.90 bits per heavy atom. The fourth-order valence-electron chi connectivity index (χ4n) is 6.25. The normalized spacial score (nSPS) is 19.4. The lowest BCUT2D eigenvalue weighted by Crippen LogP contribution is -2.59. The van der Waals surface area contributed by atoms with Crippen LogP contribution in [0, 0.1) is 11.7 Å². The summed E-state index contributed by atoms with van der Waals surface area (Å²) in [7, 11) is 0. The third kappa shape index (κ3) is 7.00. The van der Waals surface area contributed by atoms with Crippen LogP contribution in [0.2, 0.25) is 5.02 Å². The molecule has 52 heavy (non-hydrogen) atoms. The fourth-order valence-corrected chi connectivity index (χ4v) is 6.45. The summed E-state index contributed by atoms with van der Waals surface area (Å²) < 4.78 is 89.9. The number of hydrogen-bond acceptors (Lipinski definition) is 8. The second kappa shape index (κ2) is 14.1. The van der Waals surface area contributed by atoms with Gasteiger partial charge < -0.3 is 15.8 Å². The molecule has 3 N–H and O–H groups in total. The van der Waals surface area contributed by atoms with E-state index in [-0.39, 0.29) is 55.6 Å². The Labute approximate surface area is 296 Å². The second-order valence-electron chi connectivity index (χ2n) is 12.5. The maximum Gasteiger partial charge on any atom is 0.408 e. The van der Waals surface area contributed by atoms with Crippen molar-refractivity contribution in [1.29, 1.82) is 0 Å². The largest absolute Gasteiger partial charge is 0.447 e. The number of guanidine groups is 1. The van der Waals surface area contributed by atoms with Gasteiger partial charge in [-0.2, -0.15) is 31.7 Å². The molecule has 2 amide bonds.